The van der Waals surface area contributed by atoms with Crippen molar-refractivity contribution in [3.8, 4) is 0 Å². The summed E-state index contributed by atoms with van der Waals surface area (Å²) < 4.78 is 0.730. The average Bonchev–Trinajstić information content (AvgIpc) is 2.31. The maximum Gasteiger partial charge on any atom is 0.319 e. The number of aliphatic hydroxyl groups is 1. The van der Waals surface area contributed by atoms with Gasteiger partial charge in [-0.1, -0.05) is 6.92 Å². The number of aromatic nitrogens is 1. The van der Waals surface area contributed by atoms with Crippen molar-refractivity contribution in [2.24, 2.45) is 5.92 Å². The third kappa shape index (κ3) is 4.27. The van der Waals surface area contributed by atoms with E-state index in [1.54, 1.807) is 12.1 Å². The predicted molar refractivity (Wildman–Crippen MR) is 74.5 cm³/mol. The largest absolute Gasteiger partial charge is 0.396 e. The molecule has 2 atom stereocenters. The minimum atomic E-state index is -0.296. The van der Waals surface area contributed by atoms with Gasteiger partial charge in [0.15, 0.2) is 0 Å². The van der Waals surface area contributed by atoms with Crippen molar-refractivity contribution in [1.29, 1.82) is 0 Å². The molecule has 6 heteroatoms. The second kappa shape index (κ2) is 6.70. The van der Waals surface area contributed by atoms with Crippen molar-refractivity contribution >= 4 is 27.6 Å². The first kappa shape index (κ1) is 14.9. The topological polar surface area (TPSA) is 74.2 Å². The number of amides is 2. The molecule has 1 aromatic heterocycles. The molecule has 100 valence electrons. The summed E-state index contributed by atoms with van der Waals surface area (Å²) in [5.41, 5.74) is 1.40. The fourth-order valence-corrected chi connectivity index (χ4v) is 1.73. The van der Waals surface area contributed by atoms with Crippen LogP contribution in [0.15, 0.2) is 16.7 Å². The summed E-state index contributed by atoms with van der Waals surface area (Å²) in [6.07, 6.45) is 0. The Morgan fingerprint density at radius 3 is 2.72 bits per heavy atom. The van der Waals surface area contributed by atoms with Gasteiger partial charge in [-0.05, 0) is 47.8 Å². The SMILES string of the molecule is Cc1nc(Br)ccc1NC(=O)NC(C)C(C)CO. The first-order valence-electron chi connectivity index (χ1n) is 5.75. The molecule has 0 aromatic carbocycles. The van der Waals surface area contributed by atoms with E-state index >= 15 is 0 Å². The van der Waals surface area contributed by atoms with Crippen molar-refractivity contribution in [1.82, 2.24) is 10.3 Å². The average molecular weight is 316 g/mol. The van der Waals surface area contributed by atoms with Gasteiger partial charge in [-0.2, -0.15) is 0 Å². The molecule has 0 saturated carbocycles. The van der Waals surface area contributed by atoms with Crippen LogP contribution in [0.4, 0.5) is 10.5 Å². The van der Waals surface area contributed by atoms with Gasteiger partial charge in [0.25, 0.3) is 0 Å². The van der Waals surface area contributed by atoms with Crippen LogP contribution in [0, 0.1) is 12.8 Å². The van der Waals surface area contributed by atoms with Crippen molar-refractivity contribution in [3.63, 3.8) is 0 Å². The van der Waals surface area contributed by atoms with Crippen molar-refractivity contribution in [3.05, 3.63) is 22.4 Å². The molecule has 0 aliphatic heterocycles. The van der Waals surface area contributed by atoms with E-state index in [9.17, 15) is 4.79 Å². The number of nitrogens with one attached hydrogen (secondary N) is 2. The monoisotopic (exact) mass is 315 g/mol. The summed E-state index contributed by atoms with van der Waals surface area (Å²) in [5.74, 6) is 0.0138. The number of nitrogens with zero attached hydrogens (tertiary/aromatic N) is 1. The van der Waals surface area contributed by atoms with Crippen LogP contribution in [0.2, 0.25) is 0 Å². The van der Waals surface area contributed by atoms with Crippen LogP contribution < -0.4 is 10.6 Å². The molecule has 0 aliphatic rings. The van der Waals surface area contributed by atoms with Crippen LogP contribution in [0.5, 0.6) is 0 Å². The summed E-state index contributed by atoms with van der Waals surface area (Å²) in [4.78, 5) is 15.9. The molecule has 2 amide bonds. The van der Waals surface area contributed by atoms with E-state index in [1.807, 2.05) is 20.8 Å². The molecule has 2 unspecified atom stereocenters. The quantitative estimate of drug-likeness (QED) is 0.746. The Hall–Kier alpha value is -1.14. The van der Waals surface area contributed by atoms with Crippen LogP contribution in [-0.2, 0) is 0 Å². The van der Waals surface area contributed by atoms with E-state index in [2.05, 4.69) is 31.5 Å². The van der Waals surface area contributed by atoms with E-state index in [0.29, 0.717) is 5.69 Å². The van der Waals surface area contributed by atoms with E-state index in [0.717, 1.165) is 10.3 Å². The molecule has 0 bridgehead atoms. The van der Waals surface area contributed by atoms with Gasteiger partial charge < -0.3 is 15.7 Å². The van der Waals surface area contributed by atoms with Gasteiger partial charge >= 0.3 is 6.03 Å². The fraction of sp³-hybridized carbons (Fsp3) is 0.500. The van der Waals surface area contributed by atoms with E-state index < -0.39 is 0 Å². The molecule has 0 radical (unpaired) electrons. The Kier molecular flexibility index (Phi) is 5.55. The summed E-state index contributed by atoms with van der Waals surface area (Å²) >= 11 is 3.26. The van der Waals surface area contributed by atoms with E-state index in [-0.39, 0.29) is 24.6 Å². The van der Waals surface area contributed by atoms with Crippen LogP contribution in [-0.4, -0.2) is 28.8 Å². The number of hydrogen-bond donors (Lipinski definition) is 3. The number of carbonyl (C=O) groups excluding carboxylic acids is 1. The normalized spacial score (nSPS) is 13.8. The first-order chi connectivity index (χ1) is 8.43. The highest BCUT2D eigenvalue weighted by atomic mass is 79.9. The van der Waals surface area contributed by atoms with Crippen molar-refractivity contribution in [2.75, 3.05) is 11.9 Å². The number of aryl methyl sites for hydroxylation is 1. The second-order valence-electron chi connectivity index (χ2n) is 4.31. The van der Waals surface area contributed by atoms with E-state index in [1.165, 1.54) is 0 Å². The molecule has 0 saturated heterocycles. The summed E-state index contributed by atoms with van der Waals surface area (Å²) in [5, 5.41) is 14.5. The van der Waals surface area contributed by atoms with Gasteiger partial charge in [-0.15, -0.1) is 0 Å². The molecule has 3 N–H and O–H groups in total. The number of anilines is 1. The molecule has 0 spiro atoms. The number of hydrogen-bond acceptors (Lipinski definition) is 3. The number of halogens is 1. The fourth-order valence-electron chi connectivity index (χ4n) is 1.33. The first-order valence-corrected chi connectivity index (χ1v) is 6.55. The van der Waals surface area contributed by atoms with Gasteiger partial charge in [-0.25, -0.2) is 9.78 Å². The highest BCUT2D eigenvalue weighted by Gasteiger charge is 2.14. The summed E-state index contributed by atoms with van der Waals surface area (Å²) in [7, 11) is 0. The van der Waals surface area contributed by atoms with Crippen LogP contribution in [0.1, 0.15) is 19.5 Å². The number of pyridine rings is 1. The lowest BCUT2D eigenvalue weighted by Gasteiger charge is -2.19. The number of carbonyl (C=O) groups is 1. The molecule has 18 heavy (non-hydrogen) atoms. The Bertz CT molecular complexity index is 426. The molecule has 1 heterocycles. The van der Waals surface area contributed by atoms with Gasteiger partial charge in [0, 0.05) is 12.6 Å². The summed E-state index contributed by atoms with van der Waals surface area (Å²) in [6, 6.07) is 3.16. The molecule has 1 aromatic rings. The highest BCUT2D eigenvalue weighted by Crippen LogP contribution is 2.16. The van der Waals surface area contributed by atoms with E-state index in [4.69, 9.17) is 5.11 Å². The van der Waals surface area contributed by atoms with Crippen molar-refractivity contribution < 1.29 is 9.90 Å². The molecular formula is C12H18BrN3O2. The van der Waals surface area contributed by atoms with Gasteiger partial charge in [0.05, 0.1) is 11.4 Å². The molecule has 5 nitrogen and oxygen atoms in total. The molecule has 0 fully saturated rings. The maximum absolute atomic E-state index is 11.7. The zero-order chi connectivity index (χ0) is 13.7. The second-order valence-corrected chi connectivity index (χ2v) is 5.13. The van der Waals surface area contributed by atoms with Gasteiger partial charge in [0.1, 0.15) is 4.60 Å². The van der Waals surface area contributed by atoms with Crippen LogP contribution >= 0.6 is 15.9 Å². The smallest absolute Gasteiger partial charge is 0.319 e. The molecule has 0 aliphatic carbocycles. The highest BCUT2D eigenvalue weighted by molar-refractivity contribution is 9.10. The third-order valence-corrected chi connectivity index (χ3v) is 3.24. The third-order valence-electron chi connectivity index (χ3n) is 2.80. The zero-order valence-corrected chi connectivity index (χ0v) is 12.3. The maximum atomic E-state index is 11.7. The summed E-state index contributed by atoms with van der Waals surface area (Å²) in [6.45, 7) is 5.59. The van der Waals surface area contributed by atoms with Crippen LogP contribution in [0.25, 0.3) is 0 Å². The minimum Gasteiger partial charge on any atom is -0.396 e. The number of urea groups is 1. The standard InChI is InChI=1S/C12H18BrN3O2/c1-7(6-17)8(2)15-12(18)16-10-4-5-11(13)14-9(10)3/h4-5,7-8,17H,6H2,1-3H3,(H2,15,16,18). The Morgan fingerprint density at radius 1 is 1.50 bits per heavy atom. The minimum absolute atomic E-state index is 0.0138. The van der Waals surface area contributed by atoms with Crippen molar-refractivity contribution in [2.45, 2.75) is 26.8 Å². The number of rotatable bonds is 4. The van der Waals surface area contributed by atoms with Gasteiger partial charge in [0.2, 0.25) is 0 Å². The lowest BCUT2D eigenvalue weighted by Crippen LogP contribution is -2.40. The Labute approximate surface area is 115 Å². The molecular weight excluding hydrogens is 298 g/mol. The predicted octanol–water partition coefficient (Wildman–Crippen LogP) is 2.29. The Morgan fingerprint density at radius 2 is 2.17 bits per heavy atom. The van der Waals surface area contributed by atoms with Gasteiger partial charge in [-0.3, -0.25) is 0 Å². The zero-order valence-electron chi connectivity index (χ0n) is 10.7. The lowest BCUT2D eigenvalue weighted by atomic mass is 10.1. The van der Waals surface area contributed by atoms with Crippen LogP contribution in [0.3, 0.4) is 0 Å². The lowest BCUT2D eigenvalue weighted by molar-refractivity contribution is 0.204. The number of aliphatic hydroxyl groups excluding tert-OH is 1. The Balaban J connectivity index is 2.59. The molecule has 1 rings (SSSR count).